The van der Waals surface area contributed by atoms with Crippen LogP contribution in [0.3, 0.4) is 0 Å². The Labute approximate surface area is 132 Å². The van der Waals surface area contributed by atoms with Crippen molar-refractivity contribution in [2.75, 3.05) is 5.73 Å². The Kier molecular flexibility index (Phi) is 4.53. The summed E-state index contributed by atoms with van der Waals surface area (Å²) in [7, 11) is 0. The number of hydrogen-bond acceptors (Lipinski definition) is 3. The zero-order valence-corrected chi connectivity index (χ0v) is 13.5. The average Bonchev–Trinajstić information content (AvgIpc) is 2.42. The summed E-state index contributed by atoms with van der Waals surface area (Å²) >= 11 is 3.45. The zero-order valence-electron chi connectivity index (χ0n) is 11.9. The Morgan fingerprint density at radius 1 is 1.14 bits per heavy atom. The quantitative estimate of drug-likeness (QED) is 0.818. The number of halogens is 1. The number of benzene rings is 2. The molecule has 0 heterocycles. The van der Waals surface area contributed by atoms with Gasteiger partial charge in [-0.25, -0.2) is 0 Å². The fraction of sp³-hybridized carbons (Fsp3) is 0.188. The normalized spacial score (nSPS) is 10.7. The standard InChI is InChI=1S/C16H17BrN2O2/c1-9(2)12-7-10(17)3-5-14(12)21-15-6-4-11(18)8-13(15)16(19)20/h3-9H,18H2,1-2H3,(H2,19,20). The van der Waals surface area contributed by atoms with Gasteiger partial charge in [-0.3, -0.25) is 4.79 Å². The Hall–Kier alpha value is -2.01. The van der Waals surface area contributed by atoms with Crippen molar-refractivity contribution in [1.82, 2.24) is 0 Å². The molecule has 0 unspecified atom stereocenters. The molecule has 110 valence electrons. The highest BCUT2D eigenvalue weighted by Gasteiger charge is 2.14. The monoisotopic (exact) mass is 348 g/mol. The van der Waals surface area contributed by atoms with E-state index in [0.29, 0.717) is 17.2 Å². The maximum absolute atomic E-state index is 11.5. The lowest BCUT2D eigenvalue weighted by Crippen LogP contribution is -2.13. The van der Waals surface area contributed by atoms with Gasteiger partial charge < -0.3 is 16.2 Å². The van der Waals surface area contributed by atoms with Crippen LogP contribution < -0.4 is 16.2 Å². The molecule has 2 aromatic rings. The molecule has 1 amide bonds. The molecule has 0 spiro atoms. The summed E-state index contributed by atoms with van der Waals surface area (Å²) in [6, 6.07) is 10.6. The van der Waals surface area contributed by atoms with Crippen molar-refractivity contribution in [3.05, 3.63) is 52.0 Å². The summed E-state index contributed by atoms with van der Waals surface area (Å²) in [6.45, 7) is 4.15. The number of rotatable bonds is 4. The smallest absolute Gasteiger partial charge is 0.252 e. The molecule has 5 heteroatoms. The lowest BCUT2D eigenvalue weighted by Gasteiger charge is -2.16. The topological polar surface area (TPSA) is 78.3 Å². The van der Waals surface area contributed by atoms with E-state index in [9.17, 15) is 4.79 Å². The van der Waals surface area contributed by atoms with E-state index in [4.69, 9.17) is 16.2 Å². The molecule has 4 nitrogen and oxygen atoms in total. The number of primary amides is 1. The van der Waals surface area contributed by atoms with Crippen molar-refractivity contribution in [3.8, 4) is 11.5 Å². The summed E-state index contributed by atoms with van der Waals surface area (Å²) in [6.07, 6.45) is 0. The van der Waals surface area contributed by atoms with Crippen LogP contribution in [0.25, 0.3) is 0 Å². The van der Waals surface area contributed by atoms with Gasteiger partial charge in [0.2, 0.25) is 0 Å². The molecule has 0 aliphatic carbocycles. The van der Waals surface area contributed by atoms with Gasteiger partial charge in [-0.05, 0) is 47.9 Å². The first-order valence-corrected chi connectivity index (χ1v) is 7.34. The number of carbonyl (C=O) groups excluding carboxylic acids is 1. The molecular formula is C16H17BrN2O2. The summed E-state index contributed by atoms with van der Waals surface area (Å²) in [4.78, 5) is 11.5. The van der Waals surface area contributed by atoms with Crippen LogP contribution in [0.15, 0.2) is 40.9 Å². The van der Waals surface area contributed by atoms with Crippen molar-refractivity contribution >= 4 is 27.5 Å². The molecule has 0 aliphatic heterocycles. The molecule has 0 atom stereocenters. The molecule has 21 heavy (non-hydrogen) atoms. The SMILES string of the molecule is CC(C)c1cc(Br)ccc1Oc1ccc(N)cc1C(N)=O. The van der Waals surface area contributed by atoms with Crippen molar-refractivity contribution in [3.63, 3.8) is 0 Å². The maximum atomic E-state index is 11.5. The van der Waals surface area contributed by atoms with Crippen LogP contribution in [0.5, 0.6) is 11.5 Å². The van der Waals surface area contributed by atoms with Crippen LogP contribution in [0.2, 0.25) is 0 Å². The lowest BCUT2D eigenvalue weighted by molar-refractivity contribution is 0.0998. The molecule has 0 radical (unpaired) electrons. The Morgan fingerprint density at radius 3 is 2.43 bits per heavy atom. The van der Waals surface area contributed by atoms with Gasteiger partial charge >= 0.3 is 0 Å². The maximum Gasteiger partial charge on any atom is 0.252 e. The van der Waals surface area contributed by atoms with Gasteiger partial charge in [-0.15, -0.1) is 0 Å². The van der Waals surface area contributed by atoms with E-state index >= 15 is 0 Å². The van der Waals surface area contributed by atoms with Crippen LogP contribution in [-0.4, -0.2) is 5.91 Å². The van der Waals surface area contributed by atoms with E-state index in [1.165, 1.54) is 6.07 Å². The van der Waals surface area contributed by atoms with Gasteiger partial charge in [0, 0.05) is 10.2 Å². The molecule has 0 aliphatic rings. The summed E-state index contributed by atoms with van der Waals surface area (Å²) < 4.78 is 6.87. The predicted octanol–water partition coefficient (Wildman–Crippen LogP) is 4.05. The van der Waals surface area contributed by atoms with Crippen LogP contribution >= 0.6 is 15.9 Å². The van der Waals surface area contributed by atoms with Gasteiger partial charge in [0.15, 0.2) is 0 Å². The number of nitrogens with two attached hydrogens (primary N) is 2. The zero-order chi connectivity index (χ0) is 15.6. The number of nitrogen functional groups attached to an aromatic ring is 1. The Balaban J connectivity index is 2.46. The third kappa shape index (κ3) is 3.55. The molecule has 2 aromatic carbocycles. The summed E-state index contributed by atoms with van der Waals surface area (Å²) in [5.74, 6) is 0.810. The second-order valence-electron chi connectivity index (χ2n) is 5.06. The van der Waals surface area contributed by atoms with Crippen molar-refractivity contribution in [2.24, 2.45) is 5.73 Å². The van der Waals surface area contributed by atoms with E-state index in [0.717, 1.165) is 10.0 Å². The molecular weight excluding hydrogens is 332 g/mol. The van der Waals surface area contributed by atoms with E-state index in [2.05, 4.69) is 29.8 Å². The second-order valence-corrected chi connectivity index (χ2v) is 5.97. The fourth-order valence-electron chi connectivity index (χ4n) is 2.01. The highest BCUT2D eigenvalue weighted by molar-refractivity contribution is 9.10. The number of carbonyl (C=O) groups is 1. The Bertz CT molecular complexity index is 684. The summed E-state index contributed by atoms with van der Waals surface area (Å²) in [5.41, 5.74) is 12.8. The van der Waals surface area contributed by atoms with Crippen LogP contribution in [0.1, 0.15) is 35.7 Å². The molecule has 0 bridgehead atoms. The van der Waals surface area contributed by atoms with Gasteiger partial charge in [-0.1, -0.05) is 29.8 Å². The van der Waals surface area contributed by atoms with Crippen molar-refractivity contribution in [1.29, 1.82) is 0 Å². The van der Waals surface area contributed by atoms with Crippen molar-refractivity contribution in [2.45, 2.75) is 19.8 Å². The predicted molar refractivity (Wildman–Crippen MR) is 87.7 cm³/mol. The molecule has 0 fully saturated rings. The van der Waals surface area contributed by atoms with Crippen LogP contribution in [0.4, 0.5) is 5.69 Å². The first-order chi connectivity index (χ1) is 9.88. The van der Waals surface area contributed by atoms with E-state index < -0.39 is 5.91 Å². The Morgan fingerprint density at radius 2 is 1.81 bits per heavy atom. The minimum atomic E-state index is -0.569. The van der Waals surface area contributed by atoms with Gasteiger partial charge in [0.25, 0.3) is 5.91 Å². The molecule has 0 aromatic heterocycles. The van der Waals surface area contributed by atoms with Crippen LogP contribution in [0, 0.1) is 0 Å². The molecule has 0 saturated heterocycles. The van der Waals surface area contributed by atoms with Crippen molar-refractivity contribution < 1.29 is 9.53 Å². The first-order valence-electron chi connectivity index (χ1n) is 6.55. The minimum absolute atomic E-state index is 0.271. The number of hydrogen-bond donors (Lipinski definition) is 2. The number of amides is 1. The second kappa shape index (κ2) is 6.18. The third-order valence-electron chi connectivity index (χ3n) is 3.08. The first kappa shape index (κ1) is 15.4. The van der Waals surface area contributed by atoms with Gasteiger partial charge in [-0.2, -0.15) is 0 Å². The minimum Gasteiger partial charge on any atom is -0.456 e. The number of ether oxygens (including phenoxy) is 1. The highest BCUT2D eigenvalue weighted by Crippen LogP contribution is 2.34. The van der Waals surface area contributed by atoms with Gasteiger partial charge in [0.05, 0.1) is 5.56 Å². The summed E-state index contributed by atoms with van der Waals surface area (Å²) in [5, 5.41) is 0. The highest BCUT2D eigenvalue weighted by atomic mass is 79.9. The largest absolute Gasteiger partial charge is 0.456 e. The van der Waals surface area contributed by atoms with Gasteiger partial charge in [0.1, 0.15) is 11.5 Å². The number of anilines is 1. The van der Waals surface area contributed by atoms with E-state index in [1.807, 2.05) is 18.2 Å². The van der Waals surface area contributed by atoms with E-state index in [1.54, 1.807) is 12.1 Å². The third-order valence-corrected chi connectivity index (χ3v) is 3.58. The molecule has 2 rings (SSSR count). The lowest BCUT2D eigenvalue weighted by atomic mass is 10.0. The fourth-order valence-corrected chi connectivity index (χ4v) is 2.39. The van der Waals surface area contributed by atoms with E-state index in [-0.39, 0.29) is 11.5 Å². The average molecular weight is 349 g/mol. The molecule has 0 saturated carbocycles. The van der Waals surface area contributed by atoms with Crippen LogP contribution in [-0.2, 0) is 0 Å². The molecule has 4 N–H and O–H groups in total.